The molecule has 1 spiro atoms. The van der Waals surface area contributed by atoms with Crippen molar-refractivity contribution in [3.8, 4) is 0 Å². The third kappa shape index (κ3) is 1.83. The number of hydrogen-bond donors (Lipinski definition) is 0. The molecule has 1 aliphatic carbocycles. The van der Waals surface area contributed by atoms with E-state index in [1.54, 1.807) is 6.08 Å². The molecule has 5 rings (SSSR count). The molecule has 4 nitrogen and oxygen atoms in total. The van der Waals surface area contributed by atoms with Gasteiger partial charge < -0.3 is 4.74 Å². The van der Waals surface area contributed by atoms with Crippen molar-refractivity contribution >= 4 is 12.3 Å². The van der Waals surface area contributed by atoms with Gasteiger partial charge in [0.2, 0.25) is 0 Å². The Balaban J connectivity index is 1.57. The van der Waals surface area contributed by atoms with Crippen LogP contribution in [0.15, 0.2) is 35.9 Å². The van der Waals surface area contributed by atoms with Crippen molar-refractivity contribution in [3.63, 3.8) is 0 Å². The van der Waals surface area contributed by atoms with E-state index in [4.69, 9.17) is 4.74 Å². The van der Waals surface area contributed by atoms with Crippen molar-refractivity contribution in [2.24, 2.45) is 0 Å². The highest BCUT2D eigenvalue weighted by Gasteiger charge is 2.63. The first-order chi connectivity index (χ1) is 11.7. The quantitative estimate of drug-likeness (QED) is 0.620. The topological polar surface area (TPSA) is 46.6 Å². The maximum Gasteiger partial charge on any atom is 0.331 e. The van der Waals surface area contributed by atoms with E-state index in [9.17, 15) is 9.59 Å². The number of carbonyl (C=O) groups excluding carboxylic acids is 2. The molecule has 0 amide bonds. The number of ether oxygens (including phenoxy) is 1. The number of aldehydes is 1. The Bertz CT molecular complexity index is 738. The average Bonchev–Trinajstić information content (AvgIpc) is 3.10. The first-order valence-corrected chi connectivity index (χ1v) is 8.96. The highest BCUT2D eigenvalue weighted by atomic mass is 16.6. The molecule has 0 radical (unpaired) electrons. The Kier molecular flexibility index (Phi) is 3.02. The van der Waals surface area contributed by atoms with Crippen LogP contribution in [0, 0.1) is 0 Å². The van der Waals surface area contributed by atoms with Gasteiger partial charge in [0.25, 0.3) is 0 Å². The van der Waals surface area contributed by atoms with Gasteiger partial charge in [0.05, 0.1) is 6.04 Å². The highest BCUT2D eigenvalue weighted by Crippen LogP contribution is 2.57. The van der Waals surface area contributed by atoms with Gasteiger partial charge in [-0.3, -0.25) is 9.69 Å². The summed E-state index contributed by atoms with van der Waals surface area (Å²) in [6.45, 7) is 1.10. The first kappa shape index (κ1) is 14.4. The fraction of sp³-hybridized carbons (Fsp3) is 0.500. The minimum atomic E-state index is -0.346. The van der Waals surface area contributed by atoms with Crippen LogP contribution in [0.5, 0.6) is 0 Å². The highest BCUT2D eigenvalue weighted by molar-refractivity contribution is 5.87. The predicted molar refractivity (Wildman–Crippen MR) is 88.8 cm³/mol. The minimum absolute atomic E-state index is 0.159. The van der Waals surface area contributed by atoms with Crippen LogP contribution in [0.25, 0.3) is 0 Å². The van der Waals surface area contributed by atoms with E-state index in [1.807, 2.05) is 12.1 Å². The molecule has 3 heterocycles. The van der Waals surface area contributed by atoms with Crippen LogP contribution in [-0.4, -0.2) is 41.4 Å². The molecule has 0 unspecified atom stereocenters. The molecule has 124 valence electrons. The second-order valence-corrected chi connectivity index (χ2v) is 7.60. The Morgan fingerprint density at radius 1 is 1.21 bits per heavy atom. The fourth-order valence-corrected chi connectivity index (χ4v) is 5.55. The van der Waals surface area contributed by atoms with Crippen molar-refractivity contribution in [2.75, 3.05) is 6.54 Å². The number of benzene rings is 1. The Morgan fingerprint density at radius 3 is 2.83 bits per heavy atom. The molecule has 1 saturated carbocycles. The Hall–Kier alpha value is -1.94. The average molecular weight is 323 g/mol. The van der Waals surface area contributed by atoms with Crippen LogP contribution in [0.1, 0.15) is 53.9 Å². The standard InChI is InChI=1S/C20H21NO3/c22-12-13-4-6-14(7-5-13)16-9-15-10-19(23)24-20(15)11-17(16)21-8-2-1-3-18(20)21/h4-7,10,12,16-18H,1-3,8-9,11H2/t16-,17-,18+,20-/m0/s1. The largest absolute Gasteiger partial charge is 0.450 e. The molecule has 0 N–H and O–H groups in total. The van der Waals surface area contributed by atoms with Crippen LogP contribution < -0.4 is 0 Å². The van der Waals surface area contributed by atoms with Crippen molar-refractivity contribution in [1.29, 1.82) is 0 Å². The van der Waals surface area contributed by atoms with Crippen molar-refractivity contribution in [2.45, 2.75) is 55.7 Å². The van der Waals surface area contributed by atoms with Crippen LogP contribution in [0.4, 0.5) is 0 Å². The monoisotopic (exact) mass is 323 g/mol. The SMILES string of the molecule is O=Cc1ccc([C@@H]2CC3=CC(=O)O[C@@]34C[C@@H]2N2CCCC[C@@H]24)cc1. The van der Waals surface area contributed by atoms with Gasteiger partial charge in [0.1, 0.15) is 6.29 Å². The van der Waals surface area contributed by atoms with Crippen molar-refractivity contribution in [3.05, 3.63) is 47.0 Å². The molecule has 4 aliphatic rings. The summed E-state index contributed by atoms with van der Waals surface area (Å²) >= 11 is 0. The third-order valence-electron chi connectivity index (χ3n) is 6.54. The van der Waals surface area contributed by atoms with Crippen LogP contribution >= 0.6 is 0 Å². The smallest absolute Gasteiger partial charge is 0.331 e. The van der Waals surface area contributed by atoms with E-state index in [0.29, 0.717) is 23.6 Å². The van der Waals surface area contributed by atoms with Crippen LogP contribution in [-0.2, 0) is 9.53 Å². The second-order valence-electron chi connectivity index (χ2n) is 7.60. The fourth-order valence-electron chi connectivity index (χ4n) is 5.55. The minimum Gasteiger partial charge on any atom is -0.450 e. The van der Waals surface area contributed by atoms with Gasteiger partial charge in [-0.05, 0) is 36.9 Å². The predicted octanol–water partition coefficient (Wildman–Crippen LogP) is 2.84. The number of carbonyl (C=O) groups is 2. The van der Waals surface area contributed by atoms with E-state index >= 15 is 0 Å². The lowest BCUT2D eigenvalue weighted by atomic mass is 9.71. The summed E-state index contributed by atoms with van der Waals surface area (Å²) in [5.41, 5.74) is 2.83. The van der Waals surface area contributed by atoms with Gasteiger partial charge in [0, 0.05) is 30.0 Å². The molecule has 3 fully saturated rings. The van der Waals surface area contributed by atoms with E-state index in [-0.39, 0.29) is 11.6 Å². The van der Waals surface area contributed by atoms with Crippen molar-refractivity contribution in [1.82, 2.24) is 4.90 Å². The maximum atomic E-state index is 12.0. The van der Waals surface area contributed by atoms with Gasteiger partial charge in [-0.1, -0.05) is 30.7 Å². The molecular weight excluding hydrogens is 302 g/mol. The number of rotatable bonds is 2. The Morgan fingerprint density at radius 2 is 2.04 bits per heavy atom. The van der Waals surface area contributed by atoms with Gasteiger partial charge in [-0.2, -0.15) is 0 Å². The molecule has 1 aromatic carbocycles. The number of nitrogens with zero attached hydrogens (tertiary/aromatic N) is 1. The molecular formula is C20H21NO3. The molecule has 0 aromatic heterocycles. The zero-order valence-electron chi connectivity index (χ0n) is 13.6. The second kappa shape index (κ2) is 5.03. The zero-order chi connectivity index (χ0) is 16.3. The van der Waals surface area contributed by atoms with Gasteiger partial charge in [0.15, 0.2) is 5.60 Å². The van der Waals surface area contributed by atoms with E-state index in [0.717, 1.165) is 32.1 Å². The molecule has 4 atom stereocenters. The van der Waals surface area contributed by atoms with E-state index in [1.165, 1.54) is 24.0 Å². The summed E-state index contributed by atoms with van der Waals surface area (Å²) in [5, 5.41) is 0. The lowest BCUT2D eigenvalue weighted by molar-refractivity contribution is -0.148. The zero-order valence-corrected chi connectivity index (χ0v) is 13.6. The molecule has 4 heteroatoms. The first-order valence-electron chi connectivity index (χ1n) is 8.96. The summed E-state index contributed by atoms with van der Waals surface area (Å²) in [5.74, 6) is 0.218. The van der Waals surface area contributed by atoms with Crippen molar-refractivity contribution < 1.29 is 14.3 Å². The Labute approximate surface area is 141 Å². The summed E-state index contributed by atoms with van der Waals surface area (Å²) in [6.07, 6.45) is 8.03. The summed E-state index contributed by atoms with van der Waals surface area (Å²) in [4.78, 5) is 25.6. The number of piperidine rings is 1. The molecule has 2 bridgehead atoms. The molecule has 3 aliphatic heterocycles. The van der Waals surface area contributed by atoms with Gasteiger partial charge in [-0.25, -0.2) is 4.79 Å². The summed E-state index contributed by atoms with van der Waals surface area (Å²) in [7, 11) is 0. The maximum absolute atomic E-state index is 12.0. The van der Waals surface area contributed by atoms with Crippen LogP contribution in [0.2, 0.25) is 0 Å². The van der Waals surface area contributed by atoms with Gasteiger partial charge >= 0.3 is 5.97 Å². The van der Waals surface area contributed by atoms with Crippen LogP contribution in [0.3, 0.4) is 0 Å². The lowest BCUT2D eigenvalue weighted by Gasteiger charge is -2.38. The summed E-state index contributed by atoms with van der Waals surface area (Å²) < 4.78 is 5.91. The van der Waals surface area contributed by atoms with Gasteiger partial charge in [-0.15, -0.1) is 0 Å². The summed E-state index contributed by atoms with van der Waals surface area (Å²) in [6, 6.07) is 8.75. The van der Waals surface area contributed by atoms with E-state index < -0.39 is 0 Å². The number of esters is 1. The van der Waals surface area contributed by atoms with E-state index in [2.05, 4.69) is 17.0 Å². The molecule has 2 saturated heterocycles. The number of fused-ring (bicyclic) bond motifs is 3. The molecule has 24 heavy (non-hydrogen) atoms. The molecule has 1 aromatic rings. The number of hydrogen-bond acceptors (Lipinski definition) is 4. The lowest BCUT2D eigenvalue weighted by Crippen LogP contribution is -2.48. The third-order valence-corrected chi connectivity index (χ3v) is 6.54. The normalized spacial score (nSPS) is 37.4.